The summed E-state index contributed by atoms with van der Waals surface area (Å²) in [5.41, 5.74) is 5.88. The van der Waals surface area contributed by atoms with Gasteiger partial charge in [0.1, 0.15) is 0 Å². The number of amides is 1. The van der Waals surface area contributed by atoms with Gasteiger partial charge in [-0.2, -0.15) is 0 Å². The maximum absolute atomic E-state index is 11.7. The summed E-state index contributed by atoms with van der Waals surface area (Å²) in [6, 6.07) is 0.228. The molecule has 1 fully saturated rings. The van der Waals surface area contributed by atoms with Crippen molar-refractivity contribution in [2.45, 2.75) is 45.3 Å². The minimum Gasteiger partial charge on any atom is -0.379 e. The van der Waals surface area contributed by atoms with E-state index < -0.39 is 0 Å². The van der Waals surface area contributed by atoms with Crippen molar-refractivity contribution in [2.24, 2.45) is 5.73 Å². The Balaban J connectivity index is 2.03. The number of nitrogens with two attached hydrogens (primary N) is 1. The fraction of sp³-hybridized carbons (Fsp3) is 0.923. The predicted molar refractivity (Wildman–Crippen MR) is 72.4 cm³/mol. The maximum atomic E-state index is 11.7. The molecule has 1 atom stereocenters. The zero-order valence-corrected chi connectivity index (χ0v) is 11.7. The van der Waals surface area contributed by atoms with Crippen LogP contribution in [0.5, 0.6) is 0 Å². The molecule has 0 aromatic heterocycles. The van der Waals surface area contributed by atoms with Crippen molar-refractivity contribution in [3.63, 3.8) is 0 Å². The third kappa shape index (κ3) is 6.93. The molecule has 0 bridgehead atoms. The number of carbonyl (C=O) groups excluding carboxylic acids is 1. The molecule has 0 aromatic carbocycles. The molecule has 0 unspecified atom stereocenters. The summed E-state index contributed by atoms with van der Waals surface area (Å²) in [5.74, 6) is 0.0913. The van der Waals surface area contributed by atoms with Gasteiger partial charge in [0, 0.05) is 25.7 Å². The van der Waals surface area contributed by atoms with E-state index in [-0.39, 0.29) is 18.1 Å². The maximum Gasteiger partial charge on any atom is 0.234 e. The van der Waals surface area contributed by atoms with E-state index in [0.29, 0.717) is 19.7 Å². The van der Waals surface area contributed by atoms with Crippen LogP contribution < -0.4 is 11.1 Å². The number of nitrogens with one attached hydrogen (secondary N) is 1. The molecule has 18 heavy (non-hydrogen) atoms. The molecule has 1 rings (SSSR count). The van der Waals surface area contributed by atoms with Gasteiger partial charge in [-0.3, -0.25) is 9.69 Å². The van der Waals surface area contributed by atoms with Crippen LogP contribution in [0.2, 0.25) is 0 Å². The van der Waals surface area contributed by atoms with Crippen LogP contribution >= 0.6 is 0 Å². The summed E-state index contributed by atoms with van der Waals surface area (Å²) in [5, 5.41) is 2.92. The first-order chi connectivity index (χ1) is 8.58. The van der Waals surface area contributed by atoms with E-state index in [1.807, 2.05) is 13.8 Å². The van der Waals surface area contributed by atoms with Crippen LogP contribution in [0.4, 0.5) is 0 Å². The number of hydrogen-bond acceptors (Lipinski definition) is 4. The van der Waals surface area contributed by atoms with Crippen LogP contribution in [-0.4, -0.2) is 55.7 Å². The van der Waals surface area contributed by atoms with Crippen LogP contribution in [0.3, 0.4) is 0 Å². The van der Waals surface area contributed by atoms with E-state index in [2.05, 4.69) is 10.2 Å². The van der Waals surface area contributed by atoms with Gasteiger partial charge in [-0.25, -0.2) is 0 Å². The Kier molecular flexibility index (Phi) is 7.23. The standard InChI is InChI=1S/C13H27N3O2/c1-11(2)18-8-4-6-15-13(17)10-16-7-3-5-12(14)9-16/h11-12H,3-10,14H2,1-2H3,(H,15,17)/t12-/m1/s1. The number of nitrogens with zero attached hydrogens (tertiary/aromatic N) is 1. The molecule has 0 saturated carbocycles. The van der Waals surface area contributed by atoms with Crippen molar-refractivity contribution in [3.8, 4) is 0 Å². The quantitative estimate of drug-likeness (QED) is 0.645. The Labute approximate surface area is 110 Å². The van der Waals surface area contributed by atoms with E-state index in [4.69, 9.17) is 10.5 Å². The third-order valence-corrected chi connectivity index (χ3v) is 3.00. The summed E-state index contributed by atoms with van der Waals surface area (Å²) in [4.78, 5) is 13.8. The van der Waals surface area contributed by atoms with E-state index in [0.717, 1.165) is 32.4 Å². The molecular formula is C13H27N3O2. The van der Waals surface area contributed by atoms with Gasteiger partial charge in [0.15, 0.2) is 0 Å². The van der Waals surface area contributed by atoms with Crippen molar-refractivity contribution >= 4 is 5.91 Å². The first-order valence-electron chi connectivity index (χ1n) is 6.94. The highest BCUT2D eigenvalue weighted by molar-refractivity contribution is 5.77. The predicted octanol–water partition coefficient (Wildman–Crippen LogP) is 0.341. The highest BCUT2D eigenvalue weighted by Gasteiger charge is 2.18. The molecule has 1 amide bonds. The first kappa shape index (κ1) is 15.4. The molecule has 0 radical (unpaired) electrons. The smallest absolute Gasteiger partial charge is 0.234 e. The van der Waals surface area contributed by atoms with Crippen LogP contribution in [0.1, 0.15) is 33.1 Å². The van der Waals surface area contributed by atoms with E-state index in [1.165, 1.54) is 0 Å². The second-order valence-corrected chi connectivity index (χ2v) is 5.26. The Morgan fingerprint density at radius 2 is 2.33 bits per heavy atom. The highest BCUT2D eigenvalue weighted by atomic mass is 16.5. The zero-order chi connectivity index (χ0) is 13.4. The summed E-state index contributed by atoms with van der Waals surface area (Å²) in [7, 11) is 0. The Bertz CT molecular complexity index is 246. The molecule has 1 saturated heterocycles. The third-order valence-electron chi connectivity index (χ3n) is 3.00. The van der Waals surface area contributed by atoms with Gasteiger partial charge < -0.3 is 15.8 Å². The number of likely N-dealkylation sites (tertiary alicyclic amines) is 1. The van der Waals surface area contributed by atoms with E-state index in [1.54, 1.807) is 0 Å². The van der Waals surface area contributed by atoms with Crippen LogP contribution in [0.25, 0.3) is 0 Å². The molecule has 0 spiro atoms. The SMILES string of the molecule is CC(C)OCCCNC(=O)CN1CCC[C@@H](N)C1. The average Bonchev–Trinajstić information content (AvgIpc) is 2.28. The zero-order valence-electron chi connectivity index (χ0n) is 11.7. The lowest BCUT2D eigenvalue weighted by molar-refractivity contribution is -0.122. The molecule has 1 heterocycles. The first-order valence-corrected chi connectivity index (χ1v) is 6.94. The summed E-state index contributed by atoms with van der Waals surface area (Å²) in [6.45, 7) is 7.70. The van der Waals surface area contributed by atoms with Crippen molar-refractivity contribution in [1.82, 2.24) is 10.2 Å². The number of rotatable bonds is 7. The molecule has 1 aliphatic rings. The Morgan fingerprint density at radius 1 is 1.56 bits per heavy atom. The number of carbonyl (C=O) groups is 1. The lowest BCUT2D eigenvalue weighted by atomic mass is 10.1. The molecule has 106 valence electrons. The number of ether oxygens (including phenoxy) is 1. The highest BCUT2D eigenvalue weighted by Crippen LogP contribution is 2.07. The van der Waals surface area contributed by atoms with E-state index in [9.17, 15) is 4.79 Å². The molecule has 0 aliphatic carbocycles. The van der Waals surface area contributed by atoms with Gasteiger partial charge in [-0.1, -0.05) is 0 Å². The fourth-order valence-corrected chi connectivity index (χ4v) is 2.11. The van der Waals surface area contributed by atoms with Gasteiger partial charge in [-0.15, -0.1) is 0 Å². The summed E-state index contributed by atoms with van der Waals surface area (Å²) < 4.78 is 5.41. The van der Waals surface area contributed by atoms with Gasteiger partial charge in [0.05, 0.1) is 12.6 Å². The van der Waals surface area contributed by atoms with Gasteiger partial charge in [-0.05, 0) is 39.7 Å². The second-order valence-electron chi connectivity index (χ2n) is 5.26. The van der Waals surface area contributed by atoms with Crippen molar-refractivity contribution in [1.29, 1.82) is 0 Å². The summed E-state index contributed by atoms with van der Waals surface area (Å²) >= 11 is 0. The topological polar surface area (TPSA) is 67.6 Å². The lowest BCUT2D eigenvalue weighted by Gasteiger charge is -2.29. The fourth-order valence-electron chi connectivity index (χ4n) is 2.11. The largest absolute Gasteiger partial charge is 0.379 e. The molecule has 0 aromatic rings. The van der Waals surface area contributed by atoms with E-state index >= 15 is 0 Å². The average molecular weight is 257 g/mol. The van der Waals surface area contributed by atoms with Gasteiger partial charge >= 0.3 is 0 Å². The molecule has 5 heteroatoms. The number of hydrogen-bond donors (Lipinski definition) is 2. The molecule has 3 N–H and O–H groups in total. The monoisotopic (exact) mass is 257 g/mol. The minimum absolute atomic E-state index is 0.0913. The Hall–Kier alpha value is -0.650. The number of piperidine rings is 1. The Morgan fingerprint density at radius 3 is 3.00 bits per heavy atom. The van der Waals surface area contributed by atoms with Gasteiger partial charge in [0.25, 0.3) is 0 Å². The van der Waals surface area contributed by atoms with Crippen LogP contribution in [0.15, 0.2) is 0 Å². The van der Waals surface area contributed by atoms with Crippen molar-refractivity contribution in [2.75, 3.05) is 32.8 Å². The lowest BCUT2D eigenvalue weighted by Crippen LogP contribution is -2.47. The van der Waals surface area contributed by atoms with Crippen molar-refractivity contribution in [3.05, 3.63) is 0 Å². The molecule has 1 aliphatic heterocycles. The van der Waals surface area contributed by atoms with Crippen molar-refractivity contribution < 1.29 is 9.53 Å². The van der Waals surface area contributed by atoms with Crippen LogP contribution in [-0.2, 0) is 9.53 Å². The summed E-state index contributed by atoms with van der Waals surface area (Å²) in [6.07, 6.45) is 3.29. The minimum atomic E-state index is 0.0913. The van der Waals surface area contributed by atoms with Gasteiger partial charge in [0.2, 0.25) is 5.91 Å². The normalized spacial score (nSPS) is 21.2. The molecule has 5 nitrogen and oxygen atoms in total. The van der Waals surface area contributed by atoms with Crippen LogP contribution in [0, 0.1) is 0 Å². The molecular weight excluding hydrogens is 230 g/mol. The second kappa shape index (κ2) is 8.45.